The highest BCUT2D eigenvalue weighted by Gasteiger charge is 2.11. The van der Waals surface area contributed by atoms with Gasteiger partial charge >= 0.3 is 0 Å². The van der Waals surface area contributed by atoms with E-state index in [0.717, 1.165) is 17.7 Å². The molecule has 0 saturated carbocycles. The molecule has 0 aliphatic rings. The molecule has 0 spiro atoms. The Labute approximate surface area is 182 Å². The van der Waals surface area contributed by atoms with Gasteiger partial charge in [-0.25, -0.2) is 13.8 Å². The predicted molar refractivity (Wildman–Crippen MR) is 116 cm³/mol. The Balaban J connectivity index is 1.56. The first-order valence-corrected chi connectivity index (χ1v) is 9.79. The lowest BCUT2D eigenvalue weighted by molar-refractivity contribution is 0.0951. The summed E-state index contributed by atoms with van der Waals surface area (Å²) in [6.07, 6.45) is 3.17. The number of benzene rings is 2. The number of pyridine rings is 2. The van der Waals surface area contributed by atoms with Gasteiger partial charge in [0.25, 0.3) is 11.5 Å². The van der Waals surface area contributed by atoms with Crippen molar-refractivity contribution >= 4 is 16.7 Å². The van der Waals surface area contributed by atoms with E-state index in [-0.39, 0.29) is 24.6 Å². The smallest absolute Gasteiger partial charge is 0.258 e. The summed E-state index contributed by atoms with van der Waals surface area (Å²) in [5.41, 5.74) is 1.27. The summed E-state index contributed by atoms with van der Waals surface area (Å²) in [6.45, 7) is 0.344. The van der Waals surface area contributed by atoms with Crippen LogP contribution >= 0.6 is 0 Å². The highest BCUT2D eigenvalue weighted by Crippen LogP contribution is 2.15. The van der Waals surface area contributed by atoms with Crippen molar-refractivity contribution in [2.75, 3.05) is 7.11 Å². The largest absolute Gasteiger partial charge is 0.481 e. The molecule has 0 unspecified atom stereocenters. The molecule has 1 amide bonds. The number of ether oxygens (including phenoxy) is 1. The summed E-state index contributed by atoms with van der Waals surface area (Å²) in [7, 11) is 1.51. The minimum Gasteiger partial charge on any atom is -0.481 e. The number of carbonyl (C=O) groups excluding carboxylic acids is 1. The van der Waals surface area contributed by atoms with Crippen LogP contribution < -0.4 is 15.6 Å². The Morgan fingerprint density at radius 2 is 1.88 bits per heavy atom. The van der Waals surface area contributed by atoms with Gasteiger partial charge in [-0.05, 0) is 52.9 Å². The third kappa shape index (κ3) is 4.49. The molecule has 0 radical (unpaired) electrons. The zero-order chi connectivity index (χ0) is 22.7. The van der Waals surface area contributed by atoms with E-state index in [0.29, 0.717) is 27.8 Å². The van der Waals surface area contributed by atoms with Gasteiger partial charge in [-0.3, -0.25) is 9.59 Å². The van der Waals surface area contributed by atoms with E-state index >= 15 is 0 Å². The van der Waals surface area contributed by atoms with Gasteiger partial charge < -0.3 is 14.6 Å². The van der Waals surface area contributed by atoms with Crippen LogP contribution in [0.15, 0.2) is 71.8 Å². The van der Waals surface area contributed by atoms with Crippen molar-refractivity contribution in [3.8, 4) is 5.88 Å². The lowest BCUT2D eigenvalue weighted by Gasteiger charge is -2.10. The van der Waals surface area contributed by atoms with Crippen molar-refractivity contribution in [3.63, 3.8) is 0 Å². The van der Waals surface area contributed by atoms with Gasteiger partial charge in [0.15, 0.2) is 11.6 Å². The van der Waals surface area contributed by atoms with Crippen molar-refractivity contribution in [1.82, 2.24) is 14.9 Å². The van der Waals surface area contributed by atoms with Gasteiger partial charge in [0, 0.05) is 36.0 Å². The van der Waals surface area contributed by atoms with Crippen molar-refractivity contribution in [3.05, 3.63) is 106 Å². The molecule has 0 aliphatic carbocycles. The number of methoxy groups -OCH3 is 1. The summed E-state index contributed by atoms with van der Waals surface area (Å²) in [4.78, 5) is 29.6. The average Bonchev–Trinajstić information content (AvgIpc) is 2.81. The highest BCUT2D eigenvalue weighted by atomic mass is 19.2. The van der Waals surface area contributed by atoms with Gasteiger partial charge in [0.1, 0.15) is 0 Å². The molecule has 0 aliphatic heterocycles. The molecule has 2 aromatic heterocycles. The normalized spacial score (nSPS) is 10.8. The summed E-state index contributed by atoms with van der Waals surface area (Å²) in [6, 6.07) is 13.6. The first-order valence-electron chi connectivity index (χ1n) is 9.79. The zero-order valence-electron chi connectivity index (χ0n) is 17.1. The van der Waals surface area contributed by atoms with E-state index in [1.54, 1.807) is 42.7 Å². The number of nitrogens with one attached hydrogen (secondary N) is 1. The first kappa shape index (κ1) is 21.2. The van der Waals surface area contributed by atoms with Gasteiger partial charge in [-0.2, -0.15) is 0 Å². The number of nitrogens with zero attached hydrogens (tertiary/aromatic N) is 2. The van der Waals surface area contributed by atoms with Crippen LogP contribution in [0.5, 0.6) is 5.88 Å². The Hall–Kier alpha value is -4.07. The second-order valence-electron chi connectivity index (χ2n) is 7.19. The number of hydrogen-bond donors (Lipinski definition) is 1. The van der Waals surface area contributed by atoms with Crippen LogP contribution in [0.25, 0.3) is 10.8 Å². The standard InChI is InChI=1S/C24H19F2N3O3/c1-32-22-11-15(6-8-27-22)13-28-23(30)18-4-3-17-7-9-29(24(31)19(17)12-18)14-16-2-5-20(25)21(26)10-16/h2-12H,13-14H2,1H3,(H,28,30). The van der Waals surface area contributed by atoms with E-state index < -0.39 is 11.6 Å². The SMILES string of the molecule is COc1cc(CNC(=O)c2ccc3ccn(Cc4ccc(F)c(F)c4)c(=O)c3c2)ccn1. The summed E-state index contributed by atoms with van der Waals surface area (Å²) >= 11 is 0. The number of amides is 1. The second-order valence-corrected chi connectivity index (χ2v) is 7.19. The zero-order valence-corrected chi connectivity index (χ0v) is 17.1. The fourth-order valence-electron chi connectivity index (χ4n) is 3.34. The van der Waals surface area contributed by atoms with Gasteiger partial charge in [-0.15, -0.1) is 0 Å². The quantitative estimate of drug-likeness (QED) is 0.502. The fraction of sp³-hybridized carbons (Fsp3) is 0.125. The molecule has 4 rings (SSSR count). The number of fused-ring (bicyclic) bond motifs is 1. The number of halogens is 2. The minimum atomic E-state index is -0.970. The molecule has 1 N–H and O–H groups in total. The van der Waals surface area contributed by atoms with Crippen LogP contribution in [0.3, 0.4) is 0 Å². The molecular weight excluding hydrogens is 416 g/mol. The van der Waals surface area contributed by atoms with E-state index in [4.69, 9.17) is 4.74 Å². The van der Waals surface area contributed by atoms with Crippen LogP contribution in [0.4, 0.5) is 8.78 Å². The number of rotatable bonds is 6. The van der Waals surface area contributed by atoms with E-state index in [2.05, 4.69) is 10.3 Å². The topological polar surface area (TPSA) is 73.2 Å². The monoisotopic (exact) mass is 435 g/mol. The Kier molecular flexibility index (Phi) is 5.93. The van der Waals surface area contributed by atoms with Gasteiger partial charge in [-0.1, -0.05) is 12.1 Å². The van der Waals surface area contributed by atoms with Gasteiger partial charge in [0.05, 0.1) is 13.7 Å². The van der Waals surface area contributed by atoms with Gasteiger partial charge in [0.2, 0.25) is 5.88 Å². The maximum Gasteiger partial charge on any atom is 0.258 e. The number of aromatic nitrogens is 2. The van der Waals surface area contributed by atoms with Crippen molar-refractivity contribution in [2.45, 2.75) is 13.1 Å². The molecule has 0 bridgehead atoms. The fourth-order valence-corrected chi connectivity index (χ4v) is 3.34. The molecular formula is C24H19F2N3O3. The lowest BCUT2D eigenvalue weighted by atomic mass is 10.1. The van der Waals surface area contributed by atoms with E-state index in [1.165, 1.54) is 23.8 Å². The Morgan fingerprint density at radius 3 is 2.66 bits per heavy atom. The lowest BCUT2D eigenvalue weighted by Crippen LogP contribution is -2.24. The van der Waals surface area contributed by atoms with Crippen LogP contribution in [0.2, 0.25) is 0 Å². The molecule has 0 fully saturated rings. The highest BCUT2D eigenvalue weighted by molar-refractivity contribution is 5.98. The molecule has 0 atom stereocenters. The maximum atomic E-state index is 13.5. The number of hydrogen-bond acceptors (Lipinski definition) is 4. The molecule has 162 valence electrons. The second kappa shape index (κ2) is 8.97. The van der Waals surface area contributed by atoms with Crippen LogP contribution in [0.1, 0.15) is 21.5 Å². The van der Waals surface area contributed by atoms with E-state index in [1.807, 2.05) is 0 Å². The van der Waals surface area contributed by atoms with E-state index in [9.17, 15) is 18.4 Å². The summed E-state index contributed by atoms with van der Waals surface area (Å²) in [5.74, 6) is -1.80. The molecule has 8 heteroatoms. The first-order chi connectivity index (χ1) is 15.4. The Morgan fingerprint density at radius 1 is 1.03 bits per heavy atom. The molecule has 4 aromatic rings. The molecule has 2 heterocycles. The average molecular weight is 435 g/mol. The minimum absolute atomic E-state index is 0.0757. The van der Waals surface area contributed by atoms with Crippen molar-refractivity contribution < 1.29 is 18.3 Å². The predicted octanol–water partition coefficient (Wildman–Crippen LogP) is 3.66. The summed E-state index contributed by atoms with van der Waals surface area (Å²) < 4.78 is 33.1. The molecule has 2 aromatic carbocycles. The molecule has 32 heavy (non-hydrogen) atoms. The van der Waals surface area contributed by atoms with Crippen molar-refractivity contribution in [1.29, 1.82) is 0 Å². The third-order valence-corrected chi connectivity index (χ3v) is 5.04. The third-order valence-electron chi connectivity index (χ3n) is 5.04. The van der Waals surface area contributed by atoms with Crippen LogP contribution in [0, 0.1) is 11.6 Å². The Bertz CT molecular complexity index is 1370. The molecule has 6 nitrogen and oxygen atoms in total. The molecule has 0 saturated heterocycles. The van der Waals surface area contributed by atoms with Crippen molar-refractivity contribution in [2.24, 2.45) is 0 Å². The maximum absolute atomic E-state index is 13.5. The number of carbonyl (C=O) groups is 1. The van der Waals surface area contributed by atoms with Crippen LogP contribution in [-0.4, -0.2) is 22.6 Å². The van der Waals surface area contributed by atoms with Crippen LogP contribution in [-0.2, 0) is 13.1 Å². The summed E-state index contributed by atoms with van der Waals surface area (Å²) in [5, 5.41) is 3.84.